The number of H-pyrrole nitrogens is 1. The van der Waals surface area contributed by atoms with E-state index in [9.17, 15) is 53.7 Å². The van der Waals surface area contributed by atoms with Gasteiger partial charge in [-0.2, -0.15) is 0 Å². The number of aliphatic hydroxyl groups excluding tert-OH is 2. The maximum atomic E-state index is 14.1. The third-order valence-corrected chi connectivity index (χ3v) is 9.54. The quantitative estimate of drug-likeness (QED) is 0.0489. The first kappa shape index (κ1) is 45.2. The molecule has 0 spiro atoms. The van der Waals surface area contributed by atoms with Crippen molar-refractivity contribution in [3.8, 4) is 0 Å². The average molecular weight is 794 g/mol. The summed E-state index contributed by atoms with van der Waals surface area (Å²) in [5.74, 6) is -7.30. The largest absolute Gasteiger partial charge is 0.480 e. The summed E-state index contributed by atoms with van der Waals surface area (Å²) in [5, 5.41) is 44.9. The summed E-state index contributed by atoms with van der Waals surface area (Å²) < 4.78 is 0. The molecule has 22 heteroatoms. The van der Waals surface area contributed by atoms with Gasteiger partial charge in [0.05, 0.1) is 31.0 Å². The van der Waals surface area contributed by atoms with Gasteiger partial charge in [0.25, 0.3) is 0 Å². The Balaban J connectivity index is 1.79. The Kier molecular flexibility index (Phi) is 17.6. The van der Waals surface area contributed by atoms with Crippen molar-refractivity contribution in [2.45, 2.75) is 126 Å². The Bertz CT molecular complexity index is 1540. The molecule has 1 aromatic rings. The molecule has 14 N–H and O–H groups in total. The van der Waals surface area contributed by atoms with Crippen molar-refractivity contribution in [2.75, 3.05) is 19.6 Å². The summed E-state index contributed by atoms with van der Waals surface area (Å²) in [7, 11) is 0. The topological polar surface area (TPSA) is 353 Å². The highest BCUT2D eigenvalue weighted by atomic mass is 16.4. The van der Waals surface area contributed by atoms with Gasteiger partial charge in [0, 0.05) is 24.9 Å². The number of hydrogen-bond acceptors (Lipinski definition) is 13. The van der Waals surface area contributed by atoms with Gasteiger partial charge in [0.2, 0.25) is 41.4 Å². The van der Waals surface area contributed by atoms with E-state index in [1.807, 2.05) is 0 Å². The summed E-state index contributed by atoms with van der Waals surface area (Å²) >= 11 is 0. The van der Waals surface area contributed by atoms with E-state index >= 15 is 0 Å². The molecule has 0 bridgehead atoms. The lowest BCUT2D eigenvalue weighted by atomic mass is 10.0. The van der Waals surface area contributed by atoms with Gasteiger partial charge < -0.3 is 68.6 Å². The van der Waals surface area contributed by atoms with Crippen LogP contribution in [-0.4, -0.2) is 152 Å². The van der Waals surface area contributed by atoms with E-state index in [1.54, 1.807) is 0 Å². The first-order valence-corrected chi connectivity index (χ1v) is 18.6. The smallest absolute Gasteiger partial charge is 0.328 e. The molecule has 22 nitrogen and oxygen atoms in total. The molecule has 0 saturated carbocycles. The zero-order chi connectivity index (χ0) is 41.5. The van der Waals surface area contributed by atoms with E-state index < -0.39 is 108 Å². The molecule has 3 heterocycles. The molecule has 0 aromatic carbocycles. The standard InChI is InChI=1S/C34H55N11O11/c1-17(46)26(43-28(49)20-8-5-11-38-20)32(53)42-23(14-25(36)48)29(50)40-21(7-3-4-10-35)33(54)45-12-6-9-24(45)31(52)41-22(13-19-15-37-16-39-19)30(51)44-27(18(2)47)34(55)56/h15-18,20-24,26-27,38,46-47H,3-14,35H2,1-2H3,(H2,36,48)(H,37,39)(H,40,50)(H,41,52)(H,42,53)(H,43,49)(H,44,51)(H,55,56)/t17-,18-,20+,21+,22+,23+,24+,26+,27+/m1/s1. The molecule has 56 heavy (non-hydrogen) atoms. The maximum absolute atomic E-state index is 14.1. The lowest BCUT2D eigenvalue weighted by Gasteiger charge is -2.31. The van der Waals surface area contributed by atoms with E-state index in [0.29, 0.717) is 37.9 Å². The number of aliphatic carboxylic acids is 1. The van der Waals surface area contributed by atoms with Crippen LogP contribution in [0.1, 0.15) is 70.9 Å². The summed E-state index contributed by atoms with van der Waals surface area (Å²) in [5.41, 5.74) is 11.5. The Morgan fingerprint density at radius 3 is 2.11 bits per heavy atom. The van der Waals surface area contributed by atoms with Gasteiger partial charge in [0.15, 0.2) is 6.04 Å². The zero-order valence-electron chi connectivity index (χ0n) is 31.5. The van der Waals surface area contributed by atoms with E-state index in [-0.39, 0.29) is 32.4 Å². The number of carbonyl (C=O) groups is 8. The summed E-state index contributed by atoms with van der Waals surface area (Å²) in [6.45, 7) is 3.40. The lowest BCUT2D eigenvalue weighted by Crippen LogP contribution is -2.61. The molecule has 7 amide bonds. The number of amides is 7. The highest BCUT2D eigenvalue weighted by Crippen LogP contribution is 2.21. The fourth-order valence-electron chi connectivity index (χ4n) is 6.50. The molecule has 3 rings (SSSR count). The minimum atomic E-state index is -1.68. The first-order chi connectivity index (χ1) is 26.5. The highest BCUT2D eigenvalue weighted by Gasteiger charge is 2.41. The third kappa shape index (κ3) is 13.2. The molecular formula is C34H55N11O11. The molecular weight excluding hydrogens is 738 g/mol. The Morgan fingerprint density at radius 2 is 1.54 bits per heavy atom. The predicted molar refractivity (Wildman–Crippen MR) is 195 cm³/mol. The summed E-state index contributed by atoms with van der Waals surface area (Å²) in [6.07, 6.45) is 1.70. The maximum Gasteiger partial charge on any atom is 0.328 e. The number of imidazole rings is 1. The summed E-state index contributed by atoms with van der Waals surface area (Å²) in [4.78, 5) is 112. The Hall–Kier alpha value is -5.19. The molecule has 312 valence electrons. The number of primary amides is 1. The van der Waals surface area contributed by atoms with Crippen LogP contribution in [0.15, 0.2) is 12.5 Å². The number of carbonyl (C=O) groups excluding carboxylic acids is 7. The number of carboxylic acid groups (broad SMARTS) is 1. The van der Waals surface area contributed by atoms with Crippen molar-refractivity contribution in [1.29, 1.82) is 0 Å². The van der Waals surface area contributed by atoms with Crippen LogP contribution in [0.4, 0.5) is 0 Å². The van der Waals surface area contributed by atoms with Crippen LogP contribution in [-0.2, 0) is 44.8 Å². The molecule has 9 atom stereocenters. The van der Waals surface area contributed by atoms with Gasteiger partial charge in [-0.1, -0.05) is 0 Å². The molecule has 1 aromatic heterocycles. The number of nitrogens with two attached hydrogens (primary N) is 2. The van der Waals surface area contributed by atoms with E-state index in [0.717, 1.165) is 6.42 Å². The van der Waals surface area contributed by atoms with Crippen LogP contribution < -0.4 is 43.4 Å². The number of aliphatic hydroxyl groups is 2. The van der Waals surface area contributed by atoms with Crippen molar-refractivity contribution in [1.82, 2.24) is 46.8 Å². The van der Waals surface area contributed by atoms with Gasteiger partial charge in [-0.15, -0.1) is 0 Å². The average Bonchev–Trinajstić information content (AvgIpc) is 3.95. The van der Waals surface area contributed by atoms with Gasteiger partial charge >= 0.3 is 5.97 Å². The number of nitrogens with one attached hydrogen (secondary N) is 7. The van der Waals surface area contributed by atoms with Crippen LogP contribution in [0, 0.1) is 0 Å². The van der Waals surface area contributed by atoms with Crippen molar-refractivity contribution < 1.29 is 53.7 Å². The number of nitrogens with zero attached hydrogens (tertiary/aromatic N) is 2. The van der Waals surface area contributed by atoms with Crippen molar-refractivity contribution >= 4 is 47.3 Å². The minimum absolute atomic E-state index is 0.0470. The molecule has 0 radical (unpaired) electrons. The van der Waals surface area contributed by atoms with Crippen LogP contribution in [0.5, 0.6) is 0 Å². The second-order valence-corrected chi connectivity index (χ2v) is 14.0. The number of likely N-dealkylation sites (tertiary alicyclic amines) is 1. The van der Waals surface area contributed by atoms with Gasteiger partial charge in [-0.05, 0) is 71.9 Å². The molecule has 2 saturated heterocycles. The van der Waals surface area contributed by atoms with Crippen LogP contribution in [0.2, 0.25) is 0 Å². The Morgan fingerprint density at radius 1 is 0.857 bits per heavy atom. The van der Waals surface area contributed by atoms with Crippen molar-refractivity contribution in [3.05, 3.63) is 18.2 Å². The molecule has 2 aliphatic heterocycles. The molecule has 0 aliphatic carbocycles. The zero-order valence-corrected chi connectivity index (χ0v) is 31.5. The Labute approximate surface area is 323 Å². The third-order valence-electron chi connectivity index (χ3n) is 9.54. The fourth-order valence-corrected chi connectivity index (χ4v) is 6.50. The predicted octanol–water partition coefficient (Wildman–Crippen LogP) is -5.03. The monoisotopic (exact) mass is 793 g/mol. The summed E-state index contributed by atoms with van der Waals surface area (Å²) in [6, 6.07) is -9.13. The minimum Gasteiger partial charge on any atom is -0.480 e. The number of aromatic amines is 1. The number of unbranched alkanes of at least 4 members (excludes halogenated alkanes) is 1. The van der Waals surface area contributed by atoms with E-state index in [2.05, 4.69) is 41.9 Å². The van der Waals surface area contributed by atoms with Crippen LogP contribution in [0.3, 0.4) is 0 Å². The molecule has 0 unspecified atom stereocenters. The normalized spacial score (nSPS) is 20.3. The second-order valence-electron chi connectivity index (χ2n) is 14.0. The first-order valence-electron chi connectivity index (χ1n) is 18.6. The van der Waals surface area contributed by atoms with Crippen LogP contribution in [0.25, 0.3) is 0 Å². The van der Waals surface area contributed by atoms with E-state index in [1.165, 1.54) is 31.3 Å². The van der Waals surface area contributed by atoms with Gasteiger partial charge in [-0.3, -0.25) is 33.6 Å². The highest BCUT2D eigenvalue weighted by molar-refractivity contribution is 5.98. The van der Waals surface area contributed by atoms with E-state index in [4.69, 9.17) is 11.5 Å². The van der Waals surface area contributed by atoms with Gasteiger partial charge in [-0.25, -0.2) is 9.78 Å². The number of rotatable bonds is 22. The fraction of sp³-hybridized carbons (Fsp3) is 0.676. The van der Waals surface area contributed by atoms with Crippen molar-refractivity contribution in [2.24, 2.45) is 11.5 Å². The number of carboxylic acids is 1. The van der Waals surface area contributed by atoms with Crippen molar-refractivity contribution in [3.63, 3.8) is 0 Å². The number of aromatic nitrogens is 2. The number of hydrogen-bond donors (Lipinski definition) is 12. The van der Waals surface area contributed by atoms with Crippen LogP contribution >= 0.6 is 0 Å². The second kappa shape index (κ2) is 21.8. The van der Waals surface area contributed by atoms with Gasteiger partial charge in [0.1, 0.15) is 30.2 Å². The molecule has 2 aliphatic rings. The SMILES string of the molecule is C[C@@H](O)[C@H](NC(=O)[C@H](Cc1cnc[nH]1)NC(=O)[C@@H]1CCCN1C(=O)[C@H](CCCCN)NC(=O)[C@H](CC(N)=O)NC(=O)[C@@H](NC(=O)[C@@H]1CCCN1)[C@@H](C)O)C(=O)O. The molecule has 2 fully saturated rings. The lowest BCUT2D eigenvalue weighted by molar-refractivity contribution is -0.145.